The van der Waals surface area contributed by atoms with Crippen molar-refractivity contribution in [3.63, 3.8) is 0 Å². The minimum Gasteiger partial charge on any atom is -0.387 e. The molecule has 2 heterocycles. The number of hydrogen-bond acceptors (Lipinski definition) is 5. The number of hydrogen-bond donors (Lipinski definition) is 1. The van der Waals surface area contributed by atoms with Crippen molar-refractivity contribution >= 4 is 0 Å². The number of aliphatic hydroxyl groups excluding tert-OH is 1. The quantitative estimate of drug-likeness (QED) is 0.889. The molecule has 1 aromatic carbocycles. The molecule has 0 bridgehead atoms. The molecular formula is C15H20O5. The third-order valence-corrected chi connectivity index (χ3v) is 4.01. The van der Waals surface area contributed by atoms with Crippen LogP contribution in [-0.4, -0.2) is 43.4 Å². The topological polar surface area (TPSA) is 57.2 Å². The number of rotatable bonds is 2. The van der Waals surface area contributed by atoms with Crippen LogP contribution >= 0.6 is 0 Å². The second-order valence-corrected chi connectivity index (χ2v) is 5.30. The zero-order valence-electron chi connectivity index (χ0n) is 11.6. The lowest BCUT2D eigenvalue weighted by atomic mass is 9.90. The second kappa shape index (κ2) is 5.79. The van der Waals surface area contributed by atoms with Crippen molar-refractivity contribution < 1.29 is 24.1 Å². The zero-order chi connectivity index (χ0) is 14.1. The molecule has 0 aliphatic carbocycles. The Hall–Kier alpha value is -0.980. The van der Waals surface area contributed by atoms with E-state index in [0.717, 1.165) is 5.56 Å². The van der Waals surface area contributed by atoms with E-state index in [0.29, 0.717) is 6.61 Å². The number of fused-ring (bicyclic) bond motifs is 1. The van der Waals surface area contributed by atoms with Crippen molar-refractivity contribution in [3.8, 4) is 0 Å². The fourth-order valence-electron chi connectivity index (χ4n) is 2.80. The van der Waals surface area contributed by atoms with Gasteiger partial charge in [-0.3, -0.25) is 0 Å². The molecule has 110 valence electrons. The van der Waals surface area contributed by atoms with Gasteiger partial charge in [0.2, 0.25) is 0 Å². The molecule has 0 aromatic heterocycles. The summed E-state index contributed by atoms with van der Waals surface area (Å²) in [6.07, 6.45) is -2.13. The Morgan fingerprint density at radius 3 is 2.65 bits per heavy atom. The van der Waals surface area contributed by atoms with Crippen LogP contribution in [0.15, 0.2) is 30.3 Å². The third kappa shape index (κ3) is 2.47. The van der Waals surface area contributed by atoms with Gasteiger partial charge in [0.05, 0.1) is 12.7 Å². The first-order valence-electron chi connectivity index (χ1n) is 6.89. The fourth-order valence-corrected chi connectivity index (χ4v) is 2.80. The molecule has 0 saturated carbocycles. The average molecular weight is 280 g/mol. The molecule has 6 atom stereocenters. The molecule has 2 saturated heterocycles. The van der Waals surface area contributed by atoms with E-state index in [-0.39, 0.29) is 18.1 Å². The van der Waals surface area contributed by atoms with E-state index in [1.165, 1.54) is 7.11 Å². The van der Waals surface area contributed by atoms with Crippen LogP contribution in [0.4, 0.5) is 0 Å². The normalized spacial score (nSPS) is 41.1. The van der Waals surface area contributed by atoms with Crippen molar-refractivity contribution in [2.75, 3.05) is 13.7 Å². The molecule has 3 rings (SSSR count). The highest BCUT2D eigenvalue weighted by Crippen LogP contribution is 2.36. The summed E-state index contributed by atoms with van der Waals surface area (Å²) in [5.74, 6) is -0.0752. The van der Waals surface area contributed by atoms with Gasteiger partial charge in [-0.25, -0.2) is 0 Å². The molecule has 0 radical (unpaired) electrons. The summed E-state index contributed by atoms with van der Waals surface area (Å²) in [6, 6.07) is 9.78. The van der Waals surface area contributed by atoms with Gasteiger partial charge in [-0.05, 0) is 0 Å². The summed E-state index contributed by atoms with van der Waals surface area (Å²) in [4.78, 5) is 0. The van der Waals surface area contributed by atoms with Gasteiger partial charge >= 0.3 is 0 Å². The van der Waals surface area contributed by atoms with E-state index in [4.69, 9.17) is 18.9 Å². The summed E-state index contributed by atoms with van der Waals surface area (Å²) < 4.78 is 22.5. The molecule has 2 aliphatic rings. The lowest BCUT2D eigenvalue weighted by Gasteiger charge is -2.46. The first kappa shape index (κ1) is 14.0. The van der Waals surface area contributed by atoms with Crippen LogP contribution in [0.5, 0.6) is 0 Å². The van der Waals surface area contributed by atoms with Gasteiger partial charge in [0.15, 0.2) is 12.6 Å². The van der Waals surface area contributed by atoms with Crippen molar-refractivity contribution in [3.05, 3.63) is 35.9 Å². The highest BCUT2D eigenvalue weighted by atomic mass is 16.7. The van der Waals surface area contributed by atoms with E-state index in [9.17, 15) is 5.11 Å². The minimum atomic E-state index is -0.698. The van der Waals surface area contributed by atoms with Crippen LogP contribution < -0.4 is 0 Å². The number of benzene rings is 1. The van der Waals surface area contributed by atoms with Crippen LogP contribution in [0.2, 0.25) is 0 Å². The molecule has 2 aliphatic heterocycles. The van der Waals surface area contributed by atoms with Crippen LogP contribution in [0.25, 0.3) is 0 Å². The Bertz CT molecular complexity index is 435. The number of aliphatic hydroxyl groups is 1. The van der Waals surface area contributed by atoms with Gasteiger partial charge < -0.3 is 24.1 Å². The highest BCUT2D eigenvalue weighted by Gasteiger charge is 2.47. The standard InChI is InChI=1S/C15H20O5/c1-9-12(16)15(17-2)19-11-8-18-14(20-13(9)11)10-6-4-3-5-7-10/h3-7,9,11-16H,8H2,1-2H3/t9-,11?,12?,13+,14?,15+/m1/s1. The van der Waals surface area contributed by atoms with Crippen LogP contribution in [0.3, 0.4) is 0 Å². The third-order valence-electron chi connectivity index (χ3n) is 4.01. The van der Waals surface area contributed by atoms with Gasteiger partial charge in [0.1, 0.15) is 12.2 Å². The fraction of sp³-hybridized carbons (Fsp3) is 0.600. The minimum absolute atomic E-state index is 0.0752. The Morgan fingerprint density at radius 1 is 1.20 bits per heavy atom. The summed E-state index contributed by atoms with van der Waals surface area (Å²) in [5, 5.41) is 10.2. The molecule has 0 amide bonds. The van der Waals surface area contributed by atoms with Gasteiger partial charge in [-0.2, -0.15) is 0 Å². The zero-order valence-corrected chi connectivity index (χ0v) is 11.6. The van der Waals surface area contributed by atoms with Gasteiger partial charge in [0, 0.05) is 18.6 Å². The van der Waals surface area contributed by atoms with E-state index in [1.807, 2.05) is 37.3 Å². The molecule has 0 spiro atoms. The smallest absolute Gasteiger partial charge is 0.184 e. The van der Waals surface area contributed by atoms with E-state index < -0.39 is 18.7 Å². The van der Waals surface area contributed by atoms with Crippen molar-refractivity contribution in [1.82, 2.24) is 0 Å². The molecule has 1 aromatic rings. The van der Waals surface area contributed by atoms with Crippen molar-refractivity contribution in [2.24, 2.45) is 5.92 Å². The Morgan fingerprint density at radius 2 is 1.95 bits per heavy atom. The molecule has 2 fully saturated rings. The van der Waals surface area contributed by atoms with Crippen molar-refractivity contribution in [2.45, 2.75) is 37.8 Å². The second-order valence-electron chi connectivity index (χ2n) is 5.30. The largest absolute Gasteiger partial charge is 0.387 e. The Labute approximate surface area is 118 Å². The van der Waals surface area contributed by atoms with Crippen LogP contribution in [0.1, 0.15) is 18.8 Å². The predicted molar refractivity (Wildman–Crippen MR) is 70.8 cm³/mol. The van der Waals surface area contributed by atoms with E-state index in [1.54, 1.807) is 0 Å². The molecule has 5 heteroatoms. The SMILES string of the molecule is CO[C@H]1OC2COC(c3ccccc3)O[C@H]2[C@H](C)C1O. The first-order valence-corrected chi connectivity index (χ1v) is 6.89. The molecule has 1 N–H and O–H groups in total. The lowest BCUT2D eigenvalue weighted by molar-refractivity contribution is -0.348. The Kier molecular flexibility index (Phi) is 4.05. The van der Waals surface area contributed by atoms with Crippen molar-refractivity contribution in [1.29, 1.82) is 0 Å². The van der Waals surface area contributed by atoms with E-state index >= 15 is 0 Å². The predicted octanol–water partition coefficient (Wildman–Crippen LogP) is 1.47. The molecular weight excluding hydrogens is 260 g/mol. The van der Waals surface area contributed by atoms with Crippen LogP contribution in [0, 0.1) is 5.92 Å². The molecule has 20 heavy (non-hydrogen) atoms. The van der Waals surface area contributed by atoms with E-state index in [2.05, 4.69) is 0 Å². The van der Waals surface area contributed by atoms with Gasteiger partial charge in [-0.15, -0.1) is 0 Å². The van der Waals surface area contributed by atoms with Gasteiger partial charge in [0.25, 0.3) is 0 Å². The van der Waals surface area contributed by atoms with Gasteiger partial charge in [-0.1, -0.05) is 37.3 Å². The molecule has 5 nitrogen and oxygen atoms in total. The maximum atomic E-state index is 10.2. The monoisotopic (exact) mass is 280 g/mol. The summed E-state index contributed by atoms with van der Waals surface area (Å²) in [6.45, 7) is 2.38. The molecule has 3 unspecified atom stereocenters. The number of methoxy groups -OCH3 is 1. The summed E-state index contributed by atoms with van der Waals surface area (Å²) >= 11 is 0. The summed E-state index contributed by atoms with van der Waals surface area (Å²) in [7, 11) is 1.53. The Balaban J connectivity index is 1.74. The highest BCUT2D eigenvalue weighted by molar-refractivity contribution is 5.16. The summed E-state index contributed by atoms with van der Waals surface area (Å²) in [5.41, 5.74) is 0.974. The maximum Gasteiger partial charge on any atom is 0.184 e. The first-order chi connectivity index (χ1) is 9.70. The lowest BCUT2D eigenvalue weighted by Crippen LogP contribution is -2.58. The van der Waals surface area contributed by atoms with Crippen LogP contribution in [-0.2, 0) is 18.9 Å². The maximum absolute atomic E-state index is 10.2. The number of ether oxygens (including phenoxy) is 4. The average Bonchev–Trinajstić information content (AvgIpc) is 2.51.